The first-order valence-corrected chi connectivity index (χ1v) is 11.9. The number of anilines is 1. The van der Waals surface area contributed by atoms with Crippen LogP contribution in [-0.4, -0.2) is 53.3 Å². The predicted molar refractivity (Wildman–Crippen MR) is 134 cm³/mol. The van der Waals surface area contributed by atoms with Crippen molar-refractivity contribution in [1.29, 1.82) is 0 Å². The molecule has 1 aromatic rings. The van der Waals surface area contributed by atoms with E-state index in [1.165, 1.54) is 45.2 Å². The van der Waals surface area contributed by atoms with Crippen LogP contribution in [0.4, 0.5) is 5.95 Å². The molecule has 0 spiro atoms. The standard InChI is InChI=1S/C13H19N3O2.C13H23N.H2/c1-3-6-18-9-12(17)8-10(2)7-11-4-5-15-13(14)16-11;1-3-4-7-14(2)10-11-5-6-12-9-13(12)8-11;/h3-5,8,10,17H,1,6-7,9H2,2H3,(H2,14,15,16);8,12-13H,3-7,9-10H2,1-2H3;1H/b12-8-;;. The van der Waals surface area contributed by atoms with Crippen molar-refractivity contribution in [3.63, 3.8) is 0 Å². The van der Waals surface area contributed by atoms with Gasteiger partial charge in [0.25, 0.3) is 0 Å². The van der Waals surface area contributed by atoms with Crippen LogP contribution in [0, 0.1) is 17.8 Å². The van der Waals surface area contributed by atoms with E-state index in [1.807, 2.05) is 13.0 Å². The van der Waals surface area contributed by atoms with Crippen LogP contribution in [0.15, 0.2) is 48.4 Å². The molecule has 0 saturated heterocycles. The van der Waals surface area contributed by atoms with Crippen molar-refractivity contribution in [3.8, 4) is 0 Å². The molecule has 6 heteroatoms. The lowest BCUT2D eigenvalue weighted by atomic mass is 9.99. The molecule has 0 amide bonds. The topological polar surface area (TPSA) is 84.5 Å². The molecule has 2 aliphatic carbocycles. The van der Waals surface area contributed by atoms with Gasteiger partial charge in [-0.05, 0) is 75.6 Å². The third-order valence-corrected chi connectivity index (χ3v) is 5.86. The SMILES string of the molecule is C=CCOC/C(O)=C/C(C)Cc1ccnc(N)n1.CCCCN(C)CC1=CC2CC2CC1.[HH]. The minimum absolute atomic E-state index is 0. The van der Waals surface area contributed by atoms with Crippen molar-refractivity contribution < 1.29 is 11.3 Å². The van der Waals surface area contributed by atoms with Gasteiger partial charge >= 0.3 is 0 Å². The van der Waals surface area contributed by atoms with Crippen molar-refractivity contribution in [2.75, 3.05) is 39.1 Å². The molecule has 3 rings (SSSR count). The summed E-state index contributed by atoms with van der Waals surface area (Å²) in [6.45, 7) is 10.9. The summed E-state index contributed by atoms with van der Waals surface area (Å²) in [5, 5.41) is 9.62. The molecular formula is C26H44N4O2. The first-order valence-electron chi connectivity index (χ1n) is 11.9. The fourth-order valence-corrected chi connectivity index (χ4v) is 4.09. The number of rotatable bonds is 12. The van der Waals surface area contributed by atoms with E-state index in [4.69, 9.17) is 10.5 Å². The number of unbranched alkanes of at least 4 members (excludes halogenated alkanes) is 1. The lowest BCUT2D eigenvalue weighted by Crippen LogP contribution is -2.23. The number of fused-ring (bicyclic) bond motifs is 1. The summed E-state index contributed by atoms with van der Waals surface area (Å²) >= 11 is 0. The third-order valence-electron chi connectivity index (χ3n) is 5.86. The van der Waals surface area contributed by atoms with Gasteiger partial charge in [0.2, 0.25) is 5.95 Å². The maximum atomic E-state index is 9.62. The van der Waals surface area contributed by atoms with Gasteiger partial charge < -0.3 is 20.5 Å². The summed E-state index contributed by atoms with van der Waals surface area (Å²) in [5.74, 6) is 2.69. The van der Waals surface area contributed by atoms with E-state index in [0.717, 1.165) is 17.5 Å². The second-order valence-electron chi connectivity index (χ2n) is 9.16. The number of aromatic nitrogens is 2. The molecule has 1 fully saturated rings. The van der Waals surface area contributed by atoms with Crippen LogP contribution < -0.4 is 5.73 Å². The Hall–Kier alpha value is -2.18. The van der Waals surface area contributed by atoms with Crippen molar-refractivity contribution in [2.24, 2.45) is 17.8 Å². The Morgan fingerprint density at radius 2 is 2.31 bits per heavy atom. The van der Waals surface area contributed by atoms with Crippen molar-refractivity contribution in [1.82, 2.24) is 14.9 Å². The lowest BCUT2D eigenvalue weighted by Gasteiger charge is -2.20. The van der Waals surface area contributed by atoms with Crippen molar-refractivity contribution in [2.45, 2.75) is 52.4 Å². The highest BCUT2D eigenvalue weighted by Gasteiger charge is 2.37. The molecule has 32 heavy (non-hydrogen) atoms. The van der Waals surface area contributed by atoms with Crippen molar-refractivity contribution in [3.05, 3.63) is 54.1 Å². The maximum Gasteiger partial charge on any atom is 0.220 e. The molecule has 3 N–H and O–H groups in total. The zero-order chi connectivity index (χ0) is 23.3. The van der Waals surface area contributed by atoms with Crippen LogP contribution in [0.1, 0.15) is 53.1 Å². The van der Waals surface area contributed by atoms with Gasteiger partial charge in [0.05, 0.1) is 6.61 Å². The Labute approximate surface area is 195 Å². The number of nitrogens with zero attached hydrogens (tertiary/aromatic N) is 3. The van der Waals surface area contributed by atoms with Gasteiger partial charge in [-0.3, -0.25) is 0 Å². The second kappa shape index (κ2) is 14.1. The van der Waals surface area contributed by atoms with Gasteiger partial charge in [0.1, 0.15) is 12.4 Å². The normalized spacial score (nSPS) is 20.6. The Kier molecular flexibility index (Phi) is 11.5. The van der Waals surface area contributed by atoms with Gasteiger partial charge in [0, 0.05) is 19.9 Å². The number of hydrogen-bond acceptors (Lipinski definition) is 6. The molecule has 1 heterocycles. The Morgan fingerprint density at radius 3 is 3.00 bits per heavy atom. The van der Waals surface area contributed by atoms with E-state index in [9.17, 15) is 5.11 Å². The highest BCUT2D eigenvalue weighted by Crippen LogP contribution is 2.47. The summed E-state index contributed by atoms with van der Waals surface area (Å²) in [6, 6.07) is 1.81. The zero-order valence-electron chi connectivity index (χ0n) is 20.2. The second-order valence-corrected chi connectivity index (χ2v) is 9.16. The quantitative estimate of drug-likeness (QED) is 0.262. The Balaban J connectivity index is 0.000000328. The third kappa shape index (κ3) is 10.4. The minimum Gasteiger partial charge on any atom is -0.510 e. The number of nitrogens with two attached hydrogens (primary N) is 1. The molecule has 0 aromatic carbocycles. The maximum absolute atomic E-state index is 9.62. The van der Waals surface area contributed by atoms with Crippen LogP contribution in [0.5, 0.6) is 0 Å². The Bertz CT molecular complexity index is 768. The lowest BCUT2D eigenvalue weighted by molar-refractivity contribution is 0.151. The summed E-state index contributed by atoms with van der Waals surface area (Å²) in [7, 11) is 2.26. The van der Waals surface area contributed by atoms with Crippen LogP contribution in [0.3, 0.4) is 0 Å². The van der Waals surface area contributed by atoms with E-state index < -0.39 is 0 Å². The molecule has 3 atom stereocenters. The first kappa shape index (κ1) is 26.1. The van der Waals surface area contributed by atoms with Gasteiger partial charge in [0.15, 0.2) is 0 Å². The summed E-state index contributed by atoms with van der Waals surface area (Å²) < 4.78 is 5.13. The number of ether oxygens (including phenoxy) is 1. The smallest absolute Gasteiger partial charge is 0.220 e. The Morgan fingerprint density at radius 1 is 1.50 bits per heavy atom. The molecule has 6 nitrogen and oxygen atoms in total. The van der Waals surface area contributed by atoms with Crippen LogP contribution >= 0.6 is 0 Å². The average molecular weight is 445 g/mol. The fourth-order valence-electron chi connectivity index (χ4n) is 4.09. The van der Waals surface area contributed by atoms with E-state index in [-0.39, 0.29) is 25.7 Å². The van der Waals surface area contributed by atoms with Crippen LogP contribution in [-0.2, 0) is 11.2 Å². The van der Waals surface area contributed by atoms with E-state index in [1.54, 1.807) is 23.9 Å². The van der Waals surface area contributed by atoms with Gasteiger partial charge in [-0.1, -0.05) is 38.0 Å². The average Bonchev–Trinajstić information content (AvgIpc) is 3.51. The molecule has 0 bridgehead atoms. The number of aliphatic hydroxyl groups excluding tert-OH is 1. The molecule has 3 unspecified atom stereocenters. The number of likely N-dealkylation sites (N-methyl/N-ethyl adjacent to an activating group) is 1. The molecule has 0 aliphatic heterocycles. The summed E-state index contributed by atoms with van der Waals surface area (Å²) in [6.07, 6.45) is 15.3. The molecule has 1 aromatic heterocycles. The van der Waals surface area contributed by atoms with Crippen LogP contribution in [0.2, 0.25) is 0 Å². The highest BCUT2D eigenvalue weighted by molar-refractivity contribution is 5.18. The highest BCUT2D eigenvalue weighted by atomic mass is 16.5. The first-order chi connectivity index (χ1) is 15.4. The number of hydrogen-bond donors (Lipinski definition) is 2. The zero-order valence-corrected chi connectivity index (χ0v) is 20.2. The largest absolute Gasteiger partial charge is 0.510 e. The van der Waals surface area contributed by atoms with E-state index in [0.29, 0.717) is 13.0 Å². The van der Waals surface area contributed by atoms with Gasteiger partial charge in [-0.25, -0.2) is 9.97 Å². The molecule has 2 aliphatic rings. The van der Waals surface area contributed by atoms with E-state index in [2.05, 4.69) is 41.5 Å². The monoisotopic (exact) mass is 444 g/mol. The molecule has 1 saturated carbocycles. The summed E-state index contributed by atoms with van der Waals surface area (Å²) in [5.41, 5.74) is 8.06. The van der Waals surface area contributed by atoms with Gasteiger partial charge in [-0.15, -0.1) is 6.58 Å². The number of nitrogen functional groups attached to an aromatic ring is 1. The molecule has 180 valence electrons. The minimum atomic E-state index is 0. The predicted octanol–water partition coefficient (Wildman–Crippen LogP) is 5.20. The van der Waals surface area contributed by atoms with Gasteiger partial charge in [-0.2, -0.15) is 0 Å². The number of allylic oxidation sites excluding steroid dienone is 2. The van der Waals surface area contributed by atoms with E-state index >= 15 is 0 Å². The van der Waals surface area contributed by atoms with Crippen molar-refractivity contribution >= 4 is 5.95 Å². The number of aliphatic hydroxyl groups is 1. The summed E-state index contributed by atoms with van der Waals surface area (Å²) in [4.78, 5) is 10.4. The fraction of sp³-hybridized carbons (Fsp3) is 0.615. The molecule has 0 radical (unpaired) electrons. The molecular weight excluding hydrogens is 400 g/mol. The van der Waals surface area contributed by atoms with Crippen LogP contribution in [0.25, 0.3) is 0 Å².